The number of nitrogens with zero attached hydrogens (tertiary/aromatic N) is 2. The van der Waals surface area contributed by atoms with E-state index in [0.717, 1.165) is 36.6 Å². The normalized spacial score (nSPS) is 15.1. The molecule has 1 amide bonds. The summed E-state index contributed by atoms with van der Waals surface area (Å²) in [7, 11) is 0. The van der Waals surface area contributed by atoms with Crippen molar-refractivity contribution in [3.05, 3.63) is 66.0 Å². The second-order valence-corrected chi connectivity index (χ2v) is 5.72. The van der Waals surface area contributed by atoms with E-state index in [2.05, 4.69) is 21.3 Å². The highest BCUT2D eigenvalue weighted by molar-refractivity contribution is 6.02. The van der Waals surface area contributed by atoms with Crippen LogP contribution in [0.4, 0.5) is 5.69 Å². The number of hydrogen-bond acceptors (Lipinski definition) is 3. The number of nitrogens with one attached hydrogen (secondary N) is 1. The largest absolute Gasteiger partial charge is 0.322 e. The molecule has 1 aromatic carbocycles. The summed E-state index contributed by atoms with van der Waals surface area (Å²) in [5.41, 5.74) is 2.82. The molecular weight excluding hydrogens is 286 g/mol. The summed E-state index contributed by atoms with van der Waals surface area (Å²) < 4.78 is 0. The molecular formula is C19H21N3O. The van der Waals surface area contributed by atoms with Crippen molar-refractivity contribution in [3.63, 3.8) is 0 Å². The van der Waals surface area contributed by atoms with Crippen LogP contribution in [-0.4, -0.2) is 28.9 Å². The zero-order valence-electron chi connectivity index (χ0n) is 13.1. The summed E-state index contributed by atoms with van der Waals surface area (Å²) in [5, 5.41) is 2.97. The Morgan fingerprint density at radius 2 is 1.91 bits per heavy atom. The third-order valence-corrected chi connectivity index (χ3v) is 3.96. The van der Waals surface area contributed by atoms with Gasteiger partial charge in [0.2, 0.25) is 5.91 Å². The molecule has 1 aromatic heterocycles. The van der Waals surface area contributed by atoms with Gasteiger partial charge in [-0.15, -0.1) is 0 Å². The molecule has 0 aliphatic carbocycles. The highest BCUT2D eigenvalue weighted by atomic mass is 16.1. The number of aromatic nitrogens is 1. The fourth-order valence-corrected chi connectivity index (χ4v) is 2.77. The van der Waals surface area contributed by atoms with Crippen molar-refractivity contribution in [3.8, 4) is 0 Å². The van der Waals surface area contributed by atoms with Crippen molar-refractivity contribution in [1.82, 2.24) is 9.88 Å². The summed E-state index contributed by atoms with van der Waals surface area (Å²) >= 11 is 0. The Morgan fingerprint density at radius 1 is 1.13 bits per heavy atom. The Balaban J connectivity index is 1.65. The first-order chi connectivity index (χ1) is 11.3. The summed E-state index contributed by atoms with van der Waals surface area (Å²) in [4.78, 5) is 18.7. The van der Waals surface area contributed by atoms with Crippen LogP contribution in [0.5, 0.6) is 0 Å². The fraction of sp³-hybridized carbons (Fsp3) is 0.263. The molecule has 1 aliphatic heterocycles. The number of hydrogen-bond donors (Lipinski definition) is 1. The molecule has 0 unspecified atom stereocenters. The molecule has 2 heterocycles. The van der Waals surface area contributed by atoms with Crippen molar-refractivity contribution >= 4 is 17.7 Å². The predicted octanol–water partition coefficient (Wildman–Crippen LogP) is 3.33. The smallest absolute Gasteiger partial charge is 0.248 e. The molecule has 1 N–H and O–H groups in total. The number of rotatable bonds is 5. The highest BCUT2D eigenvalue weighted by Gasteiger charge is 2.13. The van der Waals surface area contributed by atoms with Crippen LogP contribution < -0.4 is 5.32 Å². The van der Waals surface area contributed by atoms with Gasteiger partial charge in [-0.2, -0.15) is 0 Å². The maximum atomic E-state index is 12.1. The van der Waals surface area contributed by atoms with Gasteiger partial charge in [0.25, 0.3) is 0 Å². The average molecular weight is 307 g/mol. The topological polar surface area (TPSA) is 45.2 Å². The average Bonchev–Trinajstić information content (AvgIpc) is 3.09. The van der Waals surface area contributed by atoms with E-state index < -0.39 is 0 Å². The van der Waals surface area contributed by atoms with Crippen LogP contribution in [0.15, 0.2) is 54.7 Å². The fourth-order valence-electron chi connectivity index (χ4n) is 2.77. The van der Waals surface area contributed by atoms with Crippen LogP contribution in [-0.2, 0) is 11.3 Å². The SMILES string of the molecule is O=C(/C=C\c1ccccn1)Nc1ccccc1CN1CCCC1. The number of benzene rings is 1. The zero-order chi connectivity index (χ0) is 15.9. The molecule has 1 aliphatic rings. The van der Waals surface area contributed by atoms with Crippen molar-refractivity contribution in [1.29, 1.82) is 0 Å². The van der Waals surface area contributed by atoms with E-state index in [0.29, 0.717) is 0 Å². The van der Waals surface area contributed by atoms with Crippen molar-refractivity contribution in [2.75, 3.05) is 18.4 Å². The van der Waals surface area contributed by atoms with Crippen LogP contribution in [0, 0.1) is 0 Å². The summed E-state index contributed by atoms with van der Waals surface area (Å²) in [5.74, 6) is -0.135. The Hall–Kier alpha value is -2.46. The Kier molecular flexibility index (Phi) is 5.17. The van der Waals surface area contributed by atoms with Gasteiger partial charge in [0.05, 0.1) is 5.69 Å². The molecule has 2 aromatic rings. The van der Waals surface area contributed by atoms with E-state index in [1.165, 1.54) is 18.9 Å². The van der Waals surface area contributed by atoms with Crippen LogP contribution in [0.3, 0.4) is 0 Å². The number of carbonyl (C=O) groups excluding carboxylic acids is 1. The monoisotopic (exact) mass is 307 g/mol. The van der Waals surface area contributed by atoms with E-state index in [-0.39, 0.29) is 5.91 Å². The molecule has 4 nitrogen and oxygen atoms in total. The molecule has 0 saturated carbocycles. The van der Waals surface area contributed by atoms with E-state index >= 15 is 0 Å². The molecule has 0 atom stereocenters. The Morgan fingerprint density at radius 3 is 2.70 bits per heavy atom. The molecule has 0 radical (unpaired) electrons. The molecule has 118 valence electrons. The minimum absolute atomic E-state index is 0.135. The van der Waals surface area contributed by atoms with Crippen LogP contribution in [0.25, 0.3) is 6.08 Å². The molecule has 1 fully saturated rings. The Bertz CT molecular complexity index is 676. The van der Waals surface area contributed by atoms with Gasteiger partial charge < -0.3 is 5.32 Å². The van der Waals surface area contributed by atoms with Gasteiger partial charge in [0.15, 0.2) is 0 Å². The third kappa shape index (κ3) is 4.50. The second kappa shape index (κ2) is 7.70. The van der Waals surface area contributed by atoms with Gasteiger partial charge >= 0.3 is 0 Å². The molecule has 1 saturated heterocycles. The van der Waals surface area contributed by atoms with Gasteiger partial charge in [-0.1, -0.05) is 24.3 Å². The number of pyridine rings is 1. The predicted molar refractivity (Wildman–Crippen MR) is 92.9 cm³/mol. The molecule has 3 rings (SSSR count). The second-order valence-electron chi connectivity index (χ2n) is 5.72. The van der Waals surface area contributed by atoms with E-state index in [1.807, 2.05) is 36.4 Å². The van der Waals surface area contributed by atoms with Gasteiger partial charge in [0, 0.05) is 24.5 Å². The number of anilines is 1. The van der Waals surface area contributed by atoms with Crippen molar-refractivity contribution in [2.24, 2.45) is 0 Å². The minimum Gasteiger partial charge on any atom is -0.322 e. The summed E-state index contributed by atoms with van der Waals surface area (Å²) in [6, 6.07) is 13.6. The van der Waals surface area contributed by atoms with Crippen LogP contribution >= 0.6 is 0 Å². The maximum Gasteiger partial charge on any atom is 0.248 e. The summed E-state index contributed by atoms with van der Waals surface area (Å²) in [6.07, 6.45) is 7.49. The summed E-state index contributed by atoms with van der Waals surface area (Å²) in [6.45, 7) is 3.17. The standard InChI is InChI=1S/C19H21N3O/c23-19(11-10-17-8-3-4-12-20-17)21-18-9-2-1-7-16(18)15-22-13-5-6-14-22/h1-4,7-12H,5-6,13-15H2,(H,21,23)/b11-10-. The third-order valence-electron chi connectivity index (χ3n) is 3.96. The van der Waals surface area contributed by atoms with Crippen molar-refractivity contribution in [2.45, 2.75) is 19.4 Å². The molecule has 4 heteroatoms. The van der Waals surface area contributed by atoms with Gasteiger partial charge in [-0.25, -0.2) is 0 Å². The highest BCUT2D eigenvalue weighted by Crippen LogP contribution is 2.20. The first-order valence-electron chi connectivity index (χ1n) is 8.01. The van der Waals surface area contributed by atoms with E-state index in [9.17, 15) is 4.79 Å². The lowest BCUT2D eigenvalue weighted by Gasteiger charge is -2.17. The minimum atomic E-state index is -0.135. The lowest BCUT2D eigenvalue weighted by atomic mass is 10.1. The van der Waals surface area contributed by atoms with Crippen molar-refractivity contribution < 1.29 is 4.79 Å². The number of para-hydroxylation sites is 1. The van der Waals surface area contributed by atoms with Gasteiger partial charge in [0.1, 0.15) is 0 Å². The van der Waals surface area contributed by atoms with Crippen LogP contribution in [0.2, 0.25) is 0 Å². The quantitative estimate of drug-likeness (QED) is 0.862. The number of amides is 1. The molecule has 0 bridgehead atoms. The van der Waals surface area contributed by atoms with E-state index in [1.54, 1.807) is 12.3 Å². The first kappa shape index (κ1) is 15.4. The van der Waals surface area contributed by atoms with Gasteiger partial charge in [-0.3, -0.25) is 14.7 Å². The van der Waals surface area contributed by atoms with Crippen LogP contribution in [0.1, 0.15) is 24.1 Å². The van der Waals surface area contributed by atoms with E-state index in [4.69, 9.17) is 0 Å². The first-order valence-corrected chi connectivity index (χ1v) is 8.01. The Labute approximate surface area is 136 Å². The lowest BCUT2D eigenvalue weighted by Crippen LogP contribution is -2.20. The number of carbonyl (C=O) groups is 1. The molecule has 23 heavy (non-hydrogen) atoms. The number of likely N-dealkylation sites (tertiary alicyclic amines) is 1. The zero-order valence-corrected chi connectivity index (χ0v) is 13.1. The van der Waals surface area contributed by atoms with Gasteiger partial charge in [-0.05, 0) is 55.8 Å². The lowest BCUT2D eigenvalue weighted by molar-refractivity contribution is -0.111. The maximum absolute atomic E-state index is 12.1. The molecule has 0 spiro atoms.